The summed E-state index contributed by atoms with van der Waals surface area (Å²) < 4.78 is 13.5. The lowest BCUT2D eigenvalue weighted by Gasteiger charge is -2.26. The van der Waals surface area contributed by atoms with Crippen LogP contribution in [0.1, 0.15) is 29.2 Å². The molecule has 0 atom stereocenters. The Bertz CT molecular complexity index is 1390. The Balaban J connectivity index is 0.00000304. The molecule has 1 aromatic carbocycles. The summed E-state index contributed by atoms with van der Waals surface area (Å²) in [5, 5.41) is 4.36. The summed E-state index contributed by atoms with van der Waals surface area (Å²) in [5.41, 5.74) is 1.40. The molecule has 0 aliphatic carbocycles. The molecule has 4 heterocycles. The number of morpholine rings is 1. The molecule has 1 aliphatic heterocycles. The number of carbonyl (C=O) groups excluding carboxylic acids is 1. The second-order valence-electron chi connectivity index (χ2n) is 8.46. The number of carbonyl (C=O) groups is 1. The van der Waals surface area contributed by atoms with Gasteiger partial charge in [0, 0.05) is 31.2 Å². The number of amides is 1. The van der Waals surface area contributed by atoms with E-state index in [2.05, 4.69) is 15.2 Å². The number of methoxy groups -OCH3 is 1. The highest BCUT2D eigenvalue weighted by Crippen LogP contribution is 2.39. The Kier molecular flexibility index (Phi) is 8.35. The zero-order valence-electron chi connectivity index (χ0n) is 19.7. The number of hydrogen-bond donors (Lipinski definition) is 1. The number of nitrogens with one attached hydrogen (secondary N) is 1. The number of aromatic nitrogens is 2. The van der Waals surface area contributed by atoms with E-state index >= 15 is 0 Å². The van der Waals surface area contributed by atoms with Crippen LogP contribution >= 0.6 is 11.3 Å². The number of thiophene rings is 1. The van der Waals surface area contributed by atoms with Crippen molar-refractivity contribution in [2.24, 2.45) is 0 Å². The van der Waals surface area contributed by atoms with Crippen LogP contribution in [0, 0.1) is 0 Å². The first-order chi connectivity index (χ1) is 17.2. The molecule has 4 aromatic rings. The number of rotatable bonds is 8. The number of nitrogens with zero attached hydrogens (tertiary/aromatic N) is 3. The second kappa shape index (κ2) is 11.6. The van der Waals surface area contributed by atoms with Crippen molar-refractivity contribution in [3.63, 3.8) is 0 Å². The number of ether oxygens (including phenoxy) is 2. The summed E-state index contributed by atoms with van der Waals surface area (Å²) >= 11 is 1.31. The van der Waals surface area contributed by atoms with Crippen LogP contribution < -0.4 is 15.6 Å². The van der Waals surface area contributed by atoms with E-state index in [1.807, 2.05) is 42.5 Å². The van der Waals surface area contributed by atoms with E-state index in [0.29, 0.717) is 29.1 Å². The Morgan fingerprint density at radius 3 is 2.69 bits per heavy atom. The van der Waals surface area contributed by atoms with Gasteiger partial charge in [0.2, 0.25) is 0 Å². The van der Waals surface area contributed by atoms with Crippen LogP contribution in [0.25, 0.3) is 21.0 Å². The second-order valence-corrected chi connectivity index (χ2v) is 9.48. The van der Waals surface area contributed by atoms with E-state index in [-0.39, 0.29) is 18.9 Å². The first-order valence-electron chi connectivity index (χ1n) is 11.8. The maximum atomic E-state index is 13.7. The Hall–Kier alpha value is -3.27. The Morgan fingerprint density at radius 1 is 1.17 bits per heavy atom. The molecule has 9 heteroatoms. The molecule has 8 nitrogen and oxygen atoms in total. The molecule has 1 amide bonds. The van der Waals surface area contributed by atoms with Crippen molar-refractivity contribution in [2.45, 2.75) is 20.4 Å². The molecule has 1 saturated heterocycles. The van der Waals surface area contributed by atoms with Gasteiger partial charge in [-0.1, -0.05) is 31.7 Å². The summed E-state index contributed by atoms with van der Waals surface area (Å²) in [6.45, 7) is 5.17. The van der Waals surface area contributed by atoms with Gasteiger partial charge >= 0.3 is 0 Å². The first-order valence-corrected chi connectivity index (χ1v) is 12.6. The number of para-hydroxylation sites is 1. The molecule has 1 N–H and O–H groups in total. The third kappa shape index (κ3) is 5.13. The van der Waals surface area contributed by atoms with E-state index in [1.165, 1.54) is 18.4 Å². The minimum Gasteiger partial charge on any atom is -0.494 e. The lowest BCUT2D eigenvalue weighted by molar-refractivity contribution is 0.0374. The number of pyridine rings is 2. The van der Waals surface area contributed by atoms with Gasteiger partial charge in [-0.15, -0.1) is 11.3 Å². The molecule has 190 valence electrons. The summed E-state index contributed by atoms with van der Waals surface area (Å²) in [4.78, 5) is 34.0. The van der Waals surface area contributed by atoms with Gasteiger partial charge in [0.1, 0.15) is 10.3 Å². The fourth-order valence-corrected chi connectivity index (χ4v) is 5.72. The highest BCUT2D eigenvalue weighted by Gasteiger charge is 2.25. The van der Waals surface area contributed by atoms with Gasteiger partial charge < -0.3 is 19.4 Å². The van der Waals surface area contributed by atoms with Gasteiger partial charge in [-0.2, -0.15) is 0 Å². The normalized spacial score (nSPS) is 14.0. The quantitative estimate of drug-likeness (QED) is 0.365. The van der Waals surface area contributed by atoms with Gasteiger partial charge in [-0.25, -0.2) is 0 Å². The fourth-order valence-electron chi connectivity index (χ4n) is 4.51. The van der Waals surface area contributed by atoms with Crippen LogP contribution in [0.5, 0.6) is 5.75 Å². The van der Waals surface area contributed by atoms with Crippen molar-refractivity contribution in [3.05, 3.63) is 69.6 Å². The molecular weight excluding hydrogens is 476 g/mol. The molecule has 0 radical (unpaired) electrons. The minimum absolute atomic E-state index is 0. The lowest BCUT2D eigenvalue weighted by atomic mass is 10.1. The topological polar surface area (TPSA) is 85.7 Å². The standard InChI is InChI=1S/C26H28N4O4S.CH4/c1-33-22-21-23(35-24(22)25(31)28-11-6-12-29-13-15-34-16-14-29)19-8-2-3-9-20(19)30(26(21)32)17-18-7-4-5-10-27-18;/h2-5,7-10H,6,11-17H2,1H3,(H,28,31);1H4. The van der Waals surface area contributed by atoms with E-state index in [4.69, 9.17) is 9.47 Å². The van der Waals surface area contributed by atoms with Crippen molar-refractivity contribution >= 4 is 38.2 Å². The van der Waals surface area contributed by atoms with Gasteiger partial charge in [0.15, 0.2) is 5.75 Å². The predicted octanol–water partition coefficient (Wildman–Crippen LogP) is 3.76. The Morgan fingerprint density at radius 2 is 1.94 bits per heavy atom. The molecule has 5 rings (SSSR count). The van der Waals surface area contributed by atoms with Gasteiger partial charge in [0.05, 0.1) is 42.8 Å². The summed E-state index contributed by atoms with van der Waals surface area (Å²) in [6.07, 6.45) is 2.56. The van der Waals surface area contributed by atoms with E-state index in [9.17, 15) is 9.59 Å². The van der Waals surface area contributed by atoms with Crippen LogP contribution in [0.15, 0.2) is 53.5 Å². The van der Waals surface area contributed by atoms with Crippen molar-refractivity contribution < 1.29 is 14.3 Å². The molecule has 0 saturated carbocycles. The Labute approximate surface area is 214 Å². The summed E-state index contributed by atoms with van der Waals surface area (Å²) in [5.74, 6) is 0.117. The van der Waals surface area contributed by atoms with Gasteiger partial charge in [-0.3, -0.25) is 19.5 Å². The zero-order chi connectivity index (χ0) is 24.2. The molecule has 36 heavy (non-hydrogen) atoms. The van der Waals surface area contributed by atoms with Gasteiger partial charge in [0.25, 0.3) is 11.5 Å². The summed E-state index contributed by atoms with van der Waals surface area (Å²) in [7, 11) is 1.51. The van der Waals surface area contributed by atoms with Crippen LogP contribution in [-0.2, 0) is 11.3 Å². The highest BCUT2D eigenvalue weighted by molar-refractivity contribution is 7.22. The van der Waals surface area contributed by atoms with Crippen molar-refractivity contribution in [1.82, 2.24) is 19.8 Å². The largest absolute Gasteiger partial charge is 0.494 e. The van der Waals surface area contributed by atoms with E-state index in [1.54, 1.807) is 10.8 Å². The molecule has 1 aliphatic rings. The van der Waals surface area contributed by atoms with Crippen LogP contribution in [0.3, 0.4) is 0 Å². The van der Waals surface area contributed by atoms with Gasteiger partial charge in [-0.05, 0) is 31.2 Å². The number of benzene rings is 1. The molecule has 3 aromatic heterocycles. The minimum atomic E-state index is -0.218. The molecule has 0 unspecified atom stereocenters. The van der Waals surface area contributed by atoms with Crippen LogP contribution in [0.4, 0.5) is 0 Å². The smallest absolute Gasteiger partial charge is 0.265 e. The maximum Gasteiger partial charge on any atom is 0.265 e. The van der Waals surface area contributed by atoms with E-state index in [0.717, 1.165) is 60.6 Å². The summed E-state index contributed by atoms with van der Waals surface area (Å²) in [6, 6.07) is 13.4. The van der Waals surface area contributed by atoms with Crippen molar-refractivity contribution in [1.29, 1.82) is 0 Å². The average Bonchev–Trinajstić information content (AvgIpc) is 3.30. The molecule has 0 spiro atoms. The maximum absolute atomic E-state index is 13.7. The van der Waals surface area contributed by atoms with Crippen molar-refractivity contribution in [3.8, 4) is 5.75 Å². The number of hydrogen-bond acceptors (Lipinski definition) is 7. The van der Waals surface area contributed by atoms with Crippen LogP contribution in [-0.4, -0.2) is 66.9 Å². The highest BCUT2D eigenvalue weighted by atomic mass is 32.1. The SMILES string of the molecule is C.COc1c(C(=O)NCCCN2CCOCC2)sc2c1c(=O)n(Cc1ccccn1)c1ccccc21. The number of fused-ring (bicyclic) bond motifs is 3. The molecule has 1 fully saturated rings. The monoisotopic (exact) mass is 508 g/mol. The van der Waals surface area contributed by atoms with Crippen molar-refractivity contribution in [2.75, 3.05) is 46.5 Å². The van der Waals surface area contributed by atoms with Crippen LogP contribution in [0.2, 0.25) is 0 Å². The third-order valence-electron chi connectivity index (χ3n) is 6.26. The molecule has 0 bridgehead atoms. The fraction of sp³-hybridized carbons (Fsp3) is 0.370. The van der Waals surface area contributed by atoms with E-state index < -0.39 is 0 Å². The lowest BCUT2D eigenvalue weighted by Crippen LogP contribution is -2.38. The average molecular weight is 509 g/mol. The molecular formula is C27H32N4O4S. The zero-order valence-corrected chi connectivity index (χ0v) is 20.5. The third-order valence-corrected chi connectivity index (χ3v) is 7.46. The first kappa shape index (κ1) is 25.8. The predicted molar refractivity (Wildman–Crippen MR) is 144 cm³/mol.